The van der Waals surface area contributed by atoms with Crippen molar-refractivity contribution in [3.63, 3.8) is 0 Å². The lowest BCUT2D eigenvalue weighted by Gasteiger charge is -2.25. The number of aliphatic hydroxyl groups is 1. The van der Waals surface area contributed by atoms with Gasteiger partial charge in [0.05, 0.1) is 39.0 Å². The fraction of sp³-hybridized carbons (Fsp3) is 0.385. The molecule has 3 rings (SSSR count). The predicted octanol–water partition coefficient (Wildman–Crippen LogP) is 3.95. The van der Waals surface area contributed by atoms with Crippen LogP contribution in [0.5, 0.6) is 17.2 Å². The minimum Gasteiger partial charge on any atom is -0.507 e. The zero-order chi connectivity index (χ0) is 24.7. The standard InChI is InChI=1S/C26H31NO7/c1-5-6-13-34-20-11-10-17(16-21(20)33-4)23-22(25(29)26(30)27(23)12-14-31-2)24(28)18-8-7-9-19(15-18)32-3/h7-11,15-16,23,28H,5-6,12-14H2,1-4H3. The van der Waals surface area contributed by atoms with Gasteiger partial charge in [-0.15, -0.1) is 0 Å². The minimum absolute atomic E-state index is 0.00365. The van der Waals surface area contributed by atoms with Gasteiger partial charge in [0.1, 0.15) is 11.5 Å². The third kappa shape index (κ3) is 5.17. The van der Waals surface area contributed by atoms with Crippen molar-refractivity contribution in [3.8, 4) is 17.2 Å². The van der Waals surface area contributed by atoms with Crippen molar-refractivity contribution >= 4 is 17.4 Å². The summed E-state index contributed by atoms with van der Waals surface area (Å²) in [6, 6.07) is 11.1. The first kappa shape index (κ1) is 25.1. The number of carbonyl (C=O) groups is 2. The molecule has 0 spiro atoms. The summed E-state index contributed by atoms with van der Waals surface area (Å²) in [5.74, 6) is -0.167. The molecule has 1 amide bonds. The van der Waals surface area contributed by atoms with Gasteiger partial charge in [0.15, 0.2) is 11.5 Å². The molecule has 0 saturated carbocycles. The average Bonchev–Trinajstić information content (AvgIpc) is 3.12. The van der Waals surface area contributed by atoms with Crippen molar-refractivity contribution in [2.24, 2.45) is 0 Å². The summed E-state index contributed by atoms with van der Waals surface area (Å²) in [7, 11) is 4.57. The van der Waals surface area contributed by atoms with Gasteiger partial charge in [-0.3, -0.25) is 9.59 Å². The van der Waals surface area contributed by atoms with E-state index in [9.17, 15) is 14.7 Å². The van der Waals surface area contributed by atoms with E-state index in [2.05, 4.69) is 6.92 Å². The van der Waals surface area contributed by atoms with Crippen molar-refractivity contribution in [1.29, 1.82) is 0 Å². The Bertz CT molecular complexity index is 1060. The number of Topliss-reactive ketones (excluding diaryl/α,β-unsaturated/α-hetero) is 1. The SMILES string of the molecule is CCCCOc1ccc(C2C(=C(O)c3cccc(OC)c3)C(=O)C(=O)N2CCOC)cc1OC. The predicted molar refractivity (Wildman–Crippen MR) is 127 cm³/mol. The van der Waals surface area contributed by atoms with Crippen LogP contribution in [-0.2, 0) is 14.3 Å². The number of ether oxygens (including phenoxy) is 4. The highest BCUT2D eigenvalue weighted by Crippen LogP contribution is 2.42. The molecular weight excluding hydrogens is 438 g/mol. The molecule has 0 aliphatic carbocycles. The number of ketones is 1. The van der Waals surface area contributed by atoms with Crippen molar-refractivity contribution in [1.82, 2.24) is 4.90 Å². The quantitative estimate of drug-likeness (QED) is 0.230. The highest BCUT2D eigenvalue weighted by Gasteiger charge is 2.46. The zero-order valence-corrected chi connectivity index (χ0v) is 20.0. The molecule has 2 aromatic carbocycles. The van der Waals surface area contributed by atoms with Gasteiger partial charge in [-0.1, -0.05) is 31.5 Å². The Morgan fingerprint density at radius 2 is 1.79 bits per heavy atom. The number of hydrogen-bond donors (Lipinski definition) is 1. The third-order valence-electron chi connectivity index (χ3n) is 5.68. The second-order valence-corrected chi connectivity index (χ2v) is 7.83. The molecule has 1 unspecified atom stereocenters. The number of likely N-dealkylation sites (tertiary alicyclic amines) is 1. The molecule has 34 heavy (non-hydrogen) atoms. The van der Waals surface area contributed by atoms with Crippen LogP contribution in [0.25, 0.3) is 5.76 Å². The molecule has 1 heterocycles. The molecule has 1 atom stereocenters. The molecule has 2 aromatic rings. The summed E-state index contributed by atoms with van der Waals surface area (Å²) in [5, 5.41) is 11.2. The minimum atomic E-state index is -0.819. The van der Waals surface area contributed by atoms with Gasteiger partial charge in [0.25, 0.3) is 11.7 Å². The van der Waals surface area contributed by atoms with Crippen LogP contribution in [0.3, 0.4) is 0 Å². The second kappa shape index (κ2) is 11.6. The Morgan fingerprint density at radius 1 is 1.00 bits per heavy atom. The maximum absolute atomic E-state index is 13.1. The molecule has 182 valence electrons. The molecule has 1 aliphatic rings. The van der Waals surface area contributed by atoms with Crippen molar-refractivity contribution in [2.45, 2.75) is 25.8 Å². The topological polar surface area (TPSA) is 94.5 Å². The van der Waals surface area contributed by atoms with Gasteiger partial charge in [-0.2, -0.15) is 0 Å². The molecule has 1 fully saturated rings. The Labute approximate surface area is 199 Å². The molecule has 1 saturated heterocycles. The first-order valence-electron chi connectivity index (χ1n) is 11.2. The Hall–Kier alpha value is -3.52. The molecule has 0 bridgehead atoms. The third-order valence-corrected chi connectivity index (χ3v) is 5.68. The molecule has 1 aliphatic heterocycles. The Balaban J connectivity index is 2.12. The van der Waals surface area contributed by atoms with Gasteiger partial charge in [0, 0.05) is 19.2 Å². The van der Waals surface area contributed by atoms with E-state index in [1.165, 1.54) is 26.2 Å². The van der Waals surface area contributed by atoms with Crippen LogP contribution in [0, 0.1) is 0 Å². The molecule has 0 aromatic heterocycles. The van der Waals surface area contributed by atoms with E-state index in [4.69, 9.17) is 18.9 Å². The van der Waals surface area contributed by atoms with E-state index in [-0.39, 0.29) is 24.5 Å². The van der Waals surface area contributed by atoms with Gasteiger partial charge in [-0.25, -0.2) is 0 Å². The second-order valence-electron chi connectivity index (χ2n) is 7.83. The van der Waals surface area contributed by atoms with E-state index in [0.29, 0.717) is 35.0 Å². The van der Waals surface area contributed by atoms with E-state index >= 15 is 0 Å². The van der Waals surface area contributed by atoms with Crippen molar-refractivity contribution < 1.29 is 33.6 Å². The number of nitrogens with zero attached hydrogens (tertiary/aromatic N) is 1. The summed E-state index contributed by atoms with van der Waals surface area (Å²) in [4.78, 5) is 27.5. The summed E-state index contributed by atoms with van der Waals surface area (Å²) >= 11 is 0. The molecule has 0 radical (unpaired) electrons. The molecule has 8 nitrogen and oxygen atoms in total. The van der Waals surface area contributed by atoms with E-state index < -0.39 is 17.7 Å². The van der Waals surface area contributed by atoms with Gasteiger partial charge in [0.2, 0.25) is 0 Å². The molecular formula is C26H31NO7. The van der Waals surface area contributed by atoms with Gasteiger partial charge < -0.3 is 29.0 Å². The average molecular weight is 470 g/mol. The molecule has 1 N–H and O–H groups in total. The fourth-order valence-corrected chi connectivity index (χ4v) is 3.87. The monoisotopic (exact) mass is 469 g/mol. The van der Waals surface area contributed by atoms with Crippen LogP contribution in [0.15, 0.2) is 48.0 Å². The van der Waals surface area contributed by atoms with Crippen LogP contribution >= 0.6 is 0 Å². The van der Waals surface area contributed by atoms with E-state index in [1.807, 2.05) is 0 Å². The number of unbranched alkanes of at least 4 members (excludes halogenated alkanes) is 1. The maximum atomic E-state index is 13.1. The largest absolute Gasteiger partial charge is 0.507 e. The number of amides is 1. The first-order chi connectivity index (χ1) is 16.5. The first-order valence-corrected chi connectivity index (χ1v) is 11.2. The molecule has 8 heteroatoms. The highest BCUT2D eigenvalue weighted by molar-refractivity contribution is 6.46. The van der Waals surface area contributed by atoms with Crippen molar-refractivity contribution in [3.05, 3.63) is 59.2 Å². The number of methoxy groups -OCH3 is 3. The lowest BCUT2D eigenvalue weighted by molar-refractivity contribution is -0.140. The van der Waals surface area contributed by atoms with Gasteiger partial charge >= 0.3 is 0 Å². The van der Waals surface area contributed by atoms with E-state index in [0.717, 1.165) is 12.8 Å². The Morgan fingerprint density at radius 3 is 2.47 bits per heavy atom. The van der Waals surface area contributed by atoms with Crippen molar-refractivity contribution in [2.75, 3.05) is 41.1 Å². The van der Waals surface area contributed by atoms with Crippen LogP contribution in [-0.4, -0.2) is 62.8 Å². The van der Waals surface area contributed by atoms with Crippen LogP contribution < -0.4 is 14.2 Å². The highest BCUT2D eigenvalue weighted by atomic mass is 16.5. The summed E-state index contributed by atoms with van der Waals surface area (Å²) < 4.78 is 21.7. The van der Waals surface area contributed by atoms with Crippen LogP contribution in [0.2, 0.25) is 0 Å². The summed E-state index contributed by atoms with van der Waals surface area (Å²) in [5.41, 5.74) is 0.982. The van der Waals surface area contributed by atoms with Crippen LogP contribution in [0.1, 0.15) is 36.9 Å². The smallest absolute Gasteiger partial charge is 0.295 e. The van der Waals surface area contributed by atoms with Crippen LogP contribution in [0.4, 0.5) is 0 Å². The lowest BCUT2D eigenvalue weighted by Crippen LogP contribution is -2.32. The lowest BCUT2D eigenvalue weighted by atomic mass is 9.95. The number of hydrogen-bond acceptors (Lipinski definition) is 7. The number of benzene rings is 2. The zero-order valence-electron chi connectivity index (χ0n) is 20.0. The van der Waals surface area contributed by atoms with E-state index in [1.54, 1.807) is 42.5 Å². The summed E-state index contributed by atoms with van der Waals surface area (Å²) in [6.45, 7) is 3.04. The number of carbonyl (C=O) groups excluding carboxylic acids is 2. The number of aliphatic hydroxyl groups excluding tert-OH is 1. The van der Waals surface area contributed by atoms with Gasteiger partial charge in [-0.05, 0) is 36.2 Å². The Kier molecular flexibility index (Phi) is 8.54. The number of rotatable bonds is 11. The fourth-order valence-electron chi connectivity index (χ4n) is 3.87. The normalized spacial score (nSPS) is 17.2. The summed E-state index contributed by atoms with van der Waals surface area (Å²) in [6.07, 6.45) is 1.90. The maximum Gasteiger partial charge on any atom is 0.295 e.